The average Bonchev–Trinajstić information content (AvgIpc) is 3.40. The Morgan fingerprint density at radius 2 is 1.87 bits per heavy atom. The maximum Gasteiger partial charge on any atom is 0.227 e. The van der Waals surface area contributed by atoms with E-state index in [0.717, 1.165) is 60.5 Å². The minimum atomic E-state index is 0.0742. The van der Waals surface area contributed by atoms with E-state index in [-0.39, 0.29) is 17.9 Å². The number of amides is 2. The van der Waals surface area contributed by atoms with Crippen LogP contribution in [-0.4, -0.2) is 34.8 Å². The number of para-hydroxylation sites is 1. The van der Waals surface area contributed by atoms with Crippen LogP contribution < -0.4 is 4.90 Å². The summed E-state index contributed by atoms with van der Waals surface area (Å²) in [4.78, 5) is 33.8. The van der Waals surface area contributed by atoms with Crippen molar-refractivity contribution in [1.29, 1.82) is 0 Å². The van der Waals surface area contributed by atoms with Crippen LogP contribution in [0, 0.1) is 0 Å². The molecule has 5 nitrogen and oxygen atoms in total. The molecule has 2 saturated heterocycles. The largest absolute Gasteiger partial charge is 0.333 e. The van der Waals surface area contributed by atoms with Crippen LogP contribution in [0.2, 0.25) is 0 Å². The molecule has 2 aromatic carbocycles. The Bertz CT molecular complexity index is 1040. The van der Waals surface area contributed by atoms with E-state index in [0.29, 0.717) is 12.8 Å². The second-order valence-corrected chi connectivity index (χ2v) is 9.17. The van der Waals surface area contributed by atoms with Gasteiger partial charge in [0.1, 0.15) is 5.01 Å². The van der Waals surface area contributed by atoms with Crippen molar-refractivity contribution in [3.63, 3.8) is 0 Å². The molecule has 2 amide bonds. The third-order valence-electron chi connectivity index (χ3n) is 6.10. The lowest BCUT2D eigenvalue weighted by Crippen LogP contribution is -2.39. The fourth-order valence-electron chi connectivity index (χ4n) is 4.51. The van der Waals surface area contributed by atoms with E-state index >= 15 is 0 Å². The molecule has 0 spiro atoms. The molecule has 30 heavy (non-hydrogen) atoms. The number of hydrogen-bond donors (Lipinski definition) is 0. The lowest BCUT2D eigenvalue weighted by molar-refractivity contribution is -0.134. The molecule has 0 aliphatic carbocycles. The lowest BCUT2D eigenvalue weighted by atomic mass is 10.0. The smallest absolute Gasteiger partial charge is 0.227 e. The highest BCUT2D eigenvalue weighted by atomic mass is 32.1. The Morgan fingerprint density at radius 3 is 2.63 bits per heavy atom. The molecular weight excluding hydrogens is 394 g/mol. The maximum absolute atomic E-state index is 13.2. The van der Waals surface area contributed by atoms with Gasteiger partial charge in [-0.1, -0.05) is 24.3 Å². The first-order chi connectivity index (χ1) is 14.7. The molecule has 154 valence electrons. The van der Waals surface area contributed by atoms with Gasteiger partial charge in [-0.05, 0) is 55.5 Å². The van der Waals surface area contributed by atoms with E-state index in [1.807, 2.05) is 52.3 Å². The predicted molar refractivity (Wildman–Crippen MR) is 120 cm³/mol. The monoisotopic (exact) mass is 419 g/mol. The van der Waals surface area contributed by atoms with Crippen molar-refractivity contribution < 1.29 is 9.59 Å². The van der Waals surface area contributed by atoms with E-state index in [9.17, 15) is 9.59 Å². The quantitative estimate of drug-likeness (QED) is 0.615. The molecule has 5 rings (SSSR count). The van der Waals surface area contributed by atoms with Crippen LogP contribution in [0.25, 0.3) is 10.2 Å². The number of rotatable bonds is 4. The molecule has 0 N–H and O–H groups in total. The molecule has 0 saturated carbocycles. The molecular formula is C24H25N3O2S. The topological polar surface area (TPSA) is 53.5 Å². The van der Waals surface area contributed by atoms with Crippen molar-refractivity contribution in [1.82, 2.24) is 9.88 Å². The molecule has 1 atom stereocenters. The summed E-state index contributed by atoms with van der Waals surface area (Å²) >= 11 is 1.71. The van der Waals surface area contributed by atoms with Crippen LogP contribution in [0.1, 0.15) is 48.7 Å². The summed E-state index contributed by atoms with van der Waals surface area (Å²) in [6.45, 7) is 1.58. The second kappa shape index (κ2) is 8.19. The zero-order valence-electron chi connectivity index (χ0n) is 16.9. The van der Waals surface area contributed by atoms with Crippen molar-refractivity contribution in [2.75, 3.05) is 18.0 Å². The zero-order chi connectivity index (χ0) is 20.5. The van der Waals surface area contributed by atoms with Gasteiger partial charge >= 0.3 is 0 Å². The van der Waals surface area contributed by atoms with Gasteiger partial charge in [0.2, 0.25) is 11.8 Å². The second-order valence-electron chi connectivity index (χ2n) is 8.11. The predicted octanol–water partition coefficient (Wildman–Crippen LogP) is 4.72. The van der Waals surface area contributed by atoms with Crippen LogP contribution in [0.4, 0.5) is 5.69 Å². The Kier molecular flexibility index (Phi) is 5.25. The van der Waals surface area contributed by atoms with E-state index in [1.54, 1.807) is 11.3 Å². The SMILES string of the molecule is O=C1CCCN1c1ccc(CC(=O)N2CCCC[C@@H]2c2nc3ccccc3s2)cc1. The van der Waals surface area contributed by atoms with Crippen molar-refractivity contribution >= 4 is 39.1 Å². The number of carbonyl (C=O) groups is 2. The number of likely N-dealkylation sites (tertiary alicyclic amines) is 1. The lowest BCUT2D eigenvalue weighted by Gasteiger charge is -2.34. The molecule has 3 aromatic rings. The van der Waals surface area contributed by atoms with Gasteiger partial charge in [0.25, 0.3) is 0 Å². The fourth-order valence-corrected chi connectivity index (χ4v) is 5.63. The Labute approximate surface area is 180 Å². The highest BCUT2D eigenvalue weighted by molar-refractivity contribution is 7.18. The number of carbonyl (C=O) groups excluding carboxylic acids is 2. The Balaban J connectivity index is 1.32. The maximum atomic E-state index is 13.2. The minimum absolute atomic E-state index is 0.0742. The number of fused-ring (bicyclic) bond motifs is 1. The van der Waals surface area contributed by atoms with E-state index in [1.165, 1.54) is 4.70 Å². The molecule has 0 bridgehead atoms. The molecule has 3 heterocycles. The standard InChI is InChI=1S/C24H25N3O2S/c28-22-9-5-15-26(22)18-12-10-17(11-13-18)16-23(29)27-14-4-3-7-20(27)24-25-19-6-1-2-8-21(19)30-24/h1-2,6,8,10-13,20H,3-5,7,9,14-16H2/t20-/m1/s1. The summed E-state index contributed by atoms with van der Waals surface area (Å²) in [5, 5.41) is 1.05. The third-order valence-corrected chi connectivity index (χ3v) is 7.23. The van der Waals surface area contributed by atoms with Gasteiger partial charge in [-0.2, -0.15) is 0 Å². The molecule has 2 aliphatic rings. The summed E-state index contributed by atoms with van der Waals surface area (Å²) in [6.07, 6.45) is 5.08. The number of nitrogens with zero attached hydrogens (tertiary/aromatic N) is 3. The number of anilines is 1. The van der Waals surface area contributed by atoms with Gasteiger partial charge in [0, 0.05) is 25.2 Å². The third kappa shape index (κ3) is 3.72. The van der Waals surface area contributed by atoms with Gasteiger partial charge in [-0.3, -0.25) is 9.59 Å². The molecule has 6 heteroatoms. The number of thiazole rings is 1. The van der Waals surface area contributed by atoms with Gasteiger partial charge in [0.05, 0.1) is 22.7 Å². The van der Waals surface area contributed by atoms with Crippen LogP contribution in [-0.2, 0) is 16.0 Å². The number of benzene rings is 2. The zero-order valence-corrected chi connectivity index (χ0v) is 17.7. The fraction of sp³-hybridized carbons (Fsp3) is 0.375. The van der Waals surface area contributed by atoms with E-state index < -0.39 is 0 Å². The molecule has 0 radical (unpaired) electrons. The first-order valence-corrected chi connectivity index (χ1v) is 11.5. The Morgan fingerprint density at radius 1 is 1.03 bits per heavy atom. The van der Waals surface area contributed by atoms with Crippen molar-refractivity contribution in [3.8, 4) is 0 Å². The average molecular weight is 420 g/mol. The molecule has 0 unspecified atom stereocenters. The number of piperidine rings is 1. The van der Waals surface area contributed by atoms with Crippen LogP contribution in [0.15, 0.2) is 48.5 Å². The van der Waals surface area contributed by atoms with Gasteiger partial charge in [-0.25, -0.2) is 4.98 Å². The molecule has 2 aliphatic heterocycles. The van der Waals surface area contributed by atoms with Gasteiger partial charge < -0.3 is 9.80 Å². The summed E-state index contributed by atoms with van der Waals surface area (Å²) in [5.74, 6) is 0.342. The first kappa shape index (κ1) is 19.2. The first-order valence-electron chi connectivity index (χ1n) is 10.7. The van der Waals surface area contributed by atoms with Gasteiger partial charge in [0.15, 0.2) is 0 Å². The highest BCUT2D eigenvalue weighted by Gasteiger charge is 2.30. The van der Waals surface area contributed by atoms with Gasteiger partial charge in [-0.15, -0.1) is 11.3 Å². The summed E-state index contributed by atoms with van der Waals surface area (Å²) < 4.78 is 1.18. The summed E-state index contributed by atoms with van der Waals surface area (Å²) in [5.41, 5.74) is 2.94. The number of aromatic nitrogens is 1. The van der Waals surface area contributed by atoms with E-state index in [2.05, 4.69) is 6.07 Å². The van der Waals surface area contributed by atoms with E-state index in [4.69, 9.17) is 4.98 Å². The Hall–Kier alpha value is -2.73. The van der Waals surface area contributed by atoms with Crippen molar-refractivity contribution in [3.05, 3.63) is 59.1 Å². The van der Waals surface area contributed by atoms with Crippen LogP contribution in [0.5, 0.6) is 0 Å². The molecule has 1 aromatic heterocycles. The minimum Gasteiger partial charge on any atom is -0.333 e. The summed E-state index contributed by atoms with van der Waals surface area (Å²) in [6, 6.07) is 16.1. The normalized spacial score (nSPS) is 19.6. The highest BCUT2D eigenvalue weighted by Crippen LogP contribution is 2.36. The summed E-state index contributed by atoms with van der Waals surface area (Å²) in [7, 11) is 0. The van der Waals surface area contributed by atoms with Crippen LogP contribution >= 0.6 is 11.3 Å². The van der Waals surface area contributed by atoms with Crippen LogP contribution in [0.3, 0.4) is 0 Å². The number of hydrogen-bond acceptors (Lipinski definition) is 4. The van der Waals surface area contributed by atoms with Crippen molar-refractivity contribution in [2.45, 2.75) is 44.6 Å². The molecule has 2 fully saturated rings. The van der Waals surface area contributed by atoms with Crippen molar-refractivity contribution in [2.24, 2.45) is 0 Å².